The maximum atomic E-state index is 11.7. The van der Waals surface area contributed by atoms with E-state index in [1.165, 1.54) is 0 Å². The van der Waals surface area contributed by atoms with Gasteiger partial charge in [0.25, 0.3) is 0 Å². The summed E-state index contributed by atoms with van der Waals surface area (Å²) in [6.07, 6.45) is 0. The molecule has 0 radical (unpaired) electrons. The van der Waals surface area contributed by atoms with Gasteiger partial charge in [0.05, 0.1) is 6.54 Å². The maximum Gasteiger partial charge on any atom is 0.319 e. The van der Waals surface area contributed by atoms with Crippen LogP contribution in [0.15, 0.2) is 12.1 Å². The average Bonchev–Trinajstić information content (AvgIpc) is 2.31. The molecule has 116 valence electrons. The number of carbonyl (C=O) groups is 2. The van der Waals surface area contributed by atoms with E-state index in [0.29, 0.717) is 15.7 Å². The Morgan fingerprint density at radius 2 is 1.67 bits per heavy atom. The first-order valence-electron chi connectivity index (χ1n) is 6.40. The molecule has 0 unspecified atom stereocenters. The van der Waals surface area contributed by atoms with Crippen molar-refractivity contribution in [2.75, 3.05) is 11.9 Å². The van der Waals surface area contributed by atoms with E-state index in [4.69, 9.17) is 23.2 Å². The predicted octanol–water partition coefficient (Wildman–Crippen LogP) is 3.34. The van der Waals surface area contributed by atoms with Crippen LogP contribution in [-0.4, -0.2) is 24.0 Å². The molecule has 0 saturated carbocycles. The number of hydrogen-bond donors (Lipinski definition) is 3. The Balaban J connectivity index is 2.53. The zero-order valence-electron chi connectivity index (χ0n) is 12.4. The number of anilines is 1. The topological polar surface area (TPSA) is 70.2 Å². The number of hydrogen-bond acceptors (Lipinski definition) is 2. The summed E-state index contributed by atoms with van der Waals surface area (Å²) in [7, 11) is 0. The van der Waals surface area contributed by atoms with E-state index in [1.807, 2.05) is 20.8 Å². The Morgan fingerprint density at radius 3 is 2.14 bits per heavy atom. The lowest BCUT2D eigenvalue weighted by atomic mass is 10.1. The van der Waals surface area contributed by atoms with Gasteiger partial charge >= 0.3 is 6.03 Å². The molecule has 7 heteroatoms. The fourth-order valence-electron chi connectivity index (χ4n) is 1.52. The van der Waals surface area contributed by atoms with Crippen LogP contribution in [0.5, 0.6) is 0 Å². The highest BCUT2D eigenvalue weighted by Crippen LogP contribution is 2.27. The van der Waals surface area contributed by atoms with Crippen LogP contribution in [0.1, 0.15) is 26.3 Å². The number of rotatable bonds is 3. The maximum absolute atomic E-state index is 11.7. The third kappa shape index (κ3) is 6.23. The molecular weight excluding hydrogens is 313 g/mol. The van der Waals surface area contributed by atoms with E-state index in [0.717, 1.165) is 5.56 Å². The summed E-state index contributed by atoms with van der Waals surface area (Å²) in [5.74, 6) is -0.266. The standard InChI is InChI=1S/C14H19Cl2N3O2/c1-8-10(15)5-9(6-11(8)16)18-13(21)17-7-12(20)19-14(2,3)4/h5-6H,7H2,1-4H3,(H,19,20)(H2,17,18,21). The van der Waals surface area contributed by atoms with Crippen molar-refractivity contribution in [3.63, 3.8) is 0 Å². The fraction of sp³-hybridized carbons (Fsp3) is 0.429. The second kappa shape index (κ2) is 7.00. The lowest BCUT2D eigenvalue weighted by molar-refractivity contribution is -0.121. The second-order valence-electron chi connectivity index (χ2n) is 5.67. The van der Waals surface area contributed by atoms with Gasteiger partial charge in [0.15, 0.2) is 0 Å². The molecule has 0 heterocycles. The van der Waals surface area contributed by atoms with Crippen molar-refractivity contribution in [2.45, 2.75) is 33.2 Å². The third-order valence-electron chi connectivity index (χ3n) is 2.46. The van der Waals surface area contributed by atoms with Crippen LogP contribution >= 0.6 is 23.2 Å². The summed E-state index contributed by atoms with van der Waals surface area (Å²) >= 11 is 12.0. The summed E-state index contributed by atoms with van der Waals surface area (Å²) in [6, 6.07) is 2.69. The van der Waals surface area contributed by atoms with Crippen molar-refractivity contribution in [3.05, 3.63) is 27.7 Å². The van der Waals surface area contributed by atoms with Crippen LogP contribution < -0.4 is 16.0 Å². The molecule has 1 aromatic carbocycles. The van der Waals surface area contributed by atoms with E-state index in [2.05, 4.69) is 16.0 Å². The fourth-order valence-corrected chi connectivity index (χ4v) is 2.00. The predicted molar refractivity (Wildman–Crippen MR) is 86.1 cm³/mol. The number of carbonyl (C=O) groups excluding carboxylic acids is 2. The minimum atomic E-state index is -0.505. The Morgan fingerprint density at radius 1 is 1.14 bits per heavy atom. The molecule has 21 heavy (non-hydrogen) atoms. The van der Waals surface area contributed by atoms with Crippen molar-refractivity contribution in [3.8, 4) is 0 Å². The molecule has 0 fully saturated rings. The molecule has 0 aliphatic rings. The Labute approximate surface area is 134 Å². The number of benzene rings is 1. The second-order valence-corrected chi connectivity index (χ2v) is 6.49. The molecular formula is C14H19Cl2N3O2. The summed E-state index contributed by atoms with van der Waals surface area (Å²) in [6.45, 7) is 7.26. The van der Waals surface area contributed by atoms with E-state index in [-0.39, 0.29) is 18.0 Å². The van der Waals surface area contributed by atoms with Gasteiger partial charge in [-0.3, -0.25) is 4.79 Å². The molecule has 1 aromatic rings. The number of nitrogens with one attached hydrogen (secondary N) is 3. The molecule has 0 aromatic heterocycles. The summed E-state index contributed by atoms with van der Waals surface area (Å²) in [5, 5.41) is 8.69. The summed E-state index contributed by atoms with van der Waals surface area (Å²) in [4.78, 5) is 23.3. The molecule has 5 nitrogen and oxygen atoms in total. The van der Waals surface area contributed by atoms with Gasteiger partial charge in [0.2, 0.25) is 5.91 Å². The molecule has 3 N–H and O–H groups in total. The molecule has 0 bridgehead atoms. The molecule has 0 saturated heterocycles. The Kier molecular flexibility index (Phi) is 5.87. The van der Waals surface area contributed by atoms with Crippen molar-refractivity contribution < 1.29 is 9.59 Å². The average molecular weight is 332 g/mol. The summed E-state index contributed by atoms with van der Waals surface area (Å²) < 4.78 is 0. The van der Waals surface area contributed by atoms with Gasteiger partial charge in [-0.15, -0.1) is 0 Å². The molecule has 3 amide bonds. The monoisotopic (exact) mass is 331 g/mol. The highest BCUT2D eigenvalue weighted by Gasteiger charge is 2.14. The van der Waals surface area contributed by atoms with Crippen LogP contribution in [0.4, 0.5) is 10.5 Å². The molecule has 0 spiro atoms. The number of amides is 3. The smallest absolute Gasteiger partial charge is 0.319 e. The summed E-state index contributed by atoms with van der Waals surface area (Å²) in [5.41, 5.74) is 0.867. The van der Waals surface area contributed by atoms with Crippen LogP contribution in [0, 0.1) is 6.92 Å². The zero-order chi connectivity index (χ0) is 16.2. The number of urea groups is 1. The van der Waals surface area contributed by atoms with Crippen molar-refractivity contribution in [1.82, 2.24) is 10.6 Å². The zero-order valence-corrected chi connectivity index (χ0v) is 13.9. The van der Waals surface area contributed by atoms with Gasteiger partial charge in [-0.05, 0) is 45.4 Å². The first-order chi connectivity index (χ1) is 9.58. The largest absolute Gasteiger partial charge is 0.350 e. The van der Waals surface area contributed by atoms with E-state index >= 15 is 0 Å². The van der Waals surface area contributed by atoms with Crippen molar-refractivity contribution in [2.24, 2.45) is 0 Å². The van der Waals surface area contributed by atoms with Crippen molar-refractivity contribution in [1.29, 1.82) is 0 Å². The molecule has 0 aliphatic carbocycles. The Hall–Kier alpha value is -1.46. The van der Waals surface area contributed by atoms with Crippen molar-refractivity contribution >= 4 is 40.8 Å². The van der Waals surface area contributed by atoms with Gasteiger partial charge in [0, 0.05) is 21.3 Å². The minimum Gasteiger partial charge on any atom is -0.350 e. The van der Waals surface area contributed by atoms with Crippen LogP contribution in [0.3, 0.4) is 0 Å². The third-order valence-corrected chi connectivity index (χ3v) is 3.25. The number of halogens is 2. The van der Waals surface area contributed by atoms with Crippen LogP contribution in [-0.2, 0) is 4.79 Å². The van der Waals surface area contributed by atoms with Crippen LogP contribution in [0.25, 0.3) is 0 Å². The highest BCUT2D eigenvalue weighted by molar-refractivity contribution is 6.36. The molecule has 0 atom stereocenters. The van der Waals surface area contributed by atoms with E-state index in [1.54, 1.807) is 19.1 Å². The normalized spacial score (nSPS) is 11.0. The van der Waals surface area contributed by atoms with Gasteiger partial charge in [-0.25, -0.2) is 4.79 Å². The van der Waals surface area contributed by atoms with E-state index in [9.17, 15) is 9.59 Å². The van der Waals surface area contributed by atoms with Gasteiger partial charge in [-0.2, -0.15) is 0 Å². The van der Waals surface area contributed by atoms with E-state index < -0.39 is 6.03 Å². The molecule has 1 rings (SSSR count). The lowest BCUT2D eigenvalue weighted by Crippen LogP contribution is -2.46. The minimum absolute atomic E-state index is 0.115. The quantitative estimate of drug-likeness (QED) is 0.794. The first-order valence-corrected chi connectivity index (χ1v) is 7.15. The molecule has 0 aliphatic heterocycles. The van der Waals surface area contributed by atoms with Gasteiger partial charge < -0.3 is 16.0 Å². The Bertz CT molecular complexity index is 531. The first kappa shape index (κ1) is 17.6. The van der Waals surface area contributed by atoms with Gasteiger partial charge in [-0.1, -0.05) is 23.2 Å². The van der Waals surface area contributed by atoms with Gasteiger partial charge in [0.1, 0.15) is 0 Å². The van der Waals surface area contributed by atoms with Crippen LogP contribution in [0.2, 0.25) is 10.0 Å². The lowest BCUT2D eigenvalue weighted by Gasteiger charge is -2.20. The SMILES string of the molecule is Cc1c(Cl)cc(NC(=O)NCC(=O)NC(C)(C)C)cc1Cl. The highest BCUT2D eigenvalue weighted by atomic mass is 35.5.